The molecule has 0 aliphatic rings. The minimum atomic E-state index is -0.252. The number of ether oxygens (including phenoxy) is 2. The van der Waals surface area contributed by atoms with Gasteiger partial charge in [0, 0.05) is 12.8 Å². The average Bonchev–Trinajstić information content (AvgIpc) is 3.00. The van der Waals surface area contributed by atoms with Gasteiger partial charge in [-0.1, -0.05) is 72.1 Å². The third-order valence-corrected chi connectivity index (χ3v) is 6.33. The Hall–Kier alpha value is -0.940. The number of nitrogens with zero attached hydrogens (tertiary/aromatic N) is 1. The smallest absolute Gasteiger partial charge is 0.339 e. The minimum absolute atomic E-state index is 0.252. The van der Waals surface area contributed by atoms with Crippen LogP contribution >= 0.6 is 11.8 Å². The van der Waals surface area contributed by atoms with E-state index >= 15 is 0 Å². The maximum absolute atomic E-state index is 12.1. The molecule has 1 rings (SSSR count). The van der Waals surface area contributed by atoms with Gasteiger partial charge in [-0.05, 0) is 43.9 Å². The molecule has 5 heteroatoms. The summed E-state index contributed by atoms with van der Waals surface area (Å²) in [6.07, 6.45) is 17.1. The van der Waals surface area contributed by atoms with E-state index in [9.17, 15) is 4.79 Å². The van der Waals surface area contributed by atoms with Gasteiger partial charge in [0.15, 0.2) is 0 Å². The highest BCUT2D eigenvalue weighted by atomic mass is 32.2. The lowest BCUT2D eigenvalue weighted by Gasteiger charge is -2.17. The first-order valence-electron chi connectivity index (χ1n) is 11.8. The van der Waals surface area contributed by atoms with Crippen LogP contribution < -0.4 is 0 Å². The van der Waals surface area contributed by atoms with Gasteiger partial charge in [-0.3, -0.25) is 0 Å². The normalized spacial score (nSPS) is 11.8. The van der Waals surface area contributed by atoms with Crippen LogP contribution in [0.2, 0.25) is 0 Å². The van der Waals surface area contributed by atoms with Gasteiger partial charge in [-0.2, -0.15) is 0 Å². The van der Waals surface area contributed by atoms with Crippen molar-refractivity contribution in [2.24, 2.45) is 5.41 Å². The van der Waals surface area contributed by atoms with E-state index in [1.54, 1.807) is 11.8 Å². The molecule has 0 atom stereocenters. The Kier molecular flexibility index (Phi) is 13.5. The summed E-state index contributed by atoms with van der Waals surface area (Å²) in [6.45, 7) is 12.5. The van der Waals surface area contributed by atoms with Gasteiger partial charge in [0.2, 0.25) is 0 Å². The van der Waals surface area contributed by atoms with E-state index in [4.69, 9.17) is 9.47 Å². The van der Waals surface area contributed by atoms with Crippen LogP contribution in [0.1, 0.15) is 108 Å². The number of hydrogen-bond donors (Lipinski definition) is 0. The van der Waals surface area contributed by atoms with Crippen LogP contribution in [0.3, 0.4) is 0 Å². The van der Waals surface area contributed by atoms with Crippen LogP contribution in [0.4, 0.5) is 0 Å². The topological polar surface area (TPSA) is 40.5 Å². The molecular weight excluding hydrogens is 394 g/mol. The molecule has 0 saturated carbocycles. The van der Waals surface area contributed by atoms with E-state index in [0.717, 1.165) is 23.6 Å². The number of carbonyl (C=O) groups is 1. The van der Waals surface area contributed by atoms with Crippen LogP contribution in [0, 0.1) is 12.3 Å². The Morgan fingerprint density at radius 1 is 1.00 bits per heavy atom. The number of unbranched alkanes of at least 4 members (excludes halogenated alkanes) is 8. The molecule has 0 unspecified atom stereocenters. The summed E-state index contributed by atoms with van der Waals surface area (Å²) in [4.78, 5) is 12.1. The molecule has 0 amide bonds. The first-order valence-corrected chi connectivity index (χ1v) is 13.0. The summed E-state index contributed by atoms with van der Waals surface area (Å²) in [7, 11) is 0. The van der Waals surface area contributed by atoms with Gasteiger partial charge < -0.3 is 14.0 Å². The quantitative estimate of drug-likeness (QED) is 0.151. The highest BCUT2D eigenvalue weighted by Gasteiger charge is 2.18. The molecule has 1 aromatic heterocycles. The van der Waals surface area contributed by atoms with Crippen LogP contribution in [0.25, 0.3) is 0 Å². The Bertz CT molecular complexity index is 604. The van der Waals surface area contributed by atoms with Crippen molar-refractivity contribution in [3.05, 3.63) is 17.3 Å². The number of aromatic nitrogens is 1. The van der Waals surface area contributed by atoms with E-state index in [1.165, 1.54) is 57.8 Å². The fourth-order valence-electron chi connectivity index (χ4n) is 3.68. The number of carbonyl (C=O) groups excluding carboxylic acids is 1. The lowest BCUT2D eigenvalue weighted by atomic mass is 9.89. The van der Waals surface area contributed by atoms with Crippen molar-refractivity contribution in [1.82, 2.24) is 4.57 Å². The summed E-state index contributed by atoms with van der Waals surface area (Å²) in [5.74, 6) is -0.252. The molecule has 0 aromatic carbocycles. The maximum atomic E-state index is 12.1. The summed E-state index contributed by atoms with van der Waals surface area (Å²) in [6, 6.07) is 0. The van der Waals surface area contributed by atoms with Crippen LogP contribution in [0.5, 0.6) is 0 Å². The van der Waals surface area contributed by atoms with Gasteiger partial charge >= 0.3 is 5.97 Å². The second-order valence-corrected chi connectivity index (χ2v) is 10.2. The Labute approximate surface area is 189 Å². The molecule has 174 valence electrons. The molecule has 0 spiro atoms. The standard InChI is InChI=1S/C25H45NO3S/c1-7-29-24(27)22-19-26(23(30-6)21(22)2)20-28-18-16-14-12-10-8-9-11-13-15-17-25(3,4)5/h19H,7-18,20H2,1-6H3. The second-order valence-electron chi connectivity index (χ2n) is 9.40. The lowest BCUT2D eigenvalue weighted by molar-refractivity contribution is 0.0523. The summed E-state index contributed by atoms with van der Waals surface area (Å²) >= 11 is 1.64. The van der Waals surface area contributed by atoms with Crippen molar-refractivity contribution >= 4 is 17.7 Å². The number of thioether (sulfide) groups is 1. The molecule has 0 fully saturated rings. The molecule has 1 heterocycles. The molecule has 0 aliphatic heterocycles. The molecule has 0 aliphatic carbocycles. The number of esters is 1. The lowest BCUT2D eigenvalue weighted by Crippen LogP contribution is -2.05. The molecular formula is C25H45NO3S. The number of rotatable bonds is 16. The zero-order valence-corrected chi connectivity index (χ0v) is 21.2. The van der Waals surface area contributed by atoms with Gasteiger partial charge in [0.25, 0.3) is 0 Å². The van der Waals surface area contributed by atoms with E-state index in [0.29, 0.717) is 24.3 Å². The highest BCUT2D eigenvalue weighted by Crippen LogP contribution is 2.26. The van der Waals surface area contributed by atoms with Gasteiger partial charge in [0.05, 0.1) is 17.2 Å². The summed E-state index contributed by atoms with van der Waals surface area (Å²) in [5, 5.41) is 1.07. The predicted molar refractivity (Wildman–Crippen MR) is 128 cm³/mol. The maximum Gasteiger partial charge on any atom is 0.339 e. The highest BCUT2D eigenvalue weighted by molar-refractivity contribution is 7.98. The van der Waals surface area contributed by atoms with E-state index in [2.05, 4.69) is 20.8 Å². The van der Waals surface area contributed by atoms with Crippen LogP contribution in [-0.2, 0) is 16.2 Å². The summed E-state index contributed by atoms with van der Waals surface area (Å²) < 4.78 is 13.0. The van der Waals surface area contributed by atoms with Crippen molar-refractivity contribution in [3.63, 3.8) is 0 Å². The van der Waals surface area contributed by atoms with Gasteiger partial charge in [-0.25, -0.2) is 4.79 Å². The fraction of sp³-hybridized carbons (Fsp3) is 0.800. The zero-order valence-electron chi connectivity index (χ0n) is 20.3. The molecule has 4 nitrogen and oxygen atoms in total. The third kappa shape index (κ3) is 10.9. The Morgan fingerprint density at radius 2 is 1.57 bits per heavy atom. The van der Waals surface area contributed by atoms with E-state index in [1.807, 2.05) is 30.9 Å². The Balaban J connectivity index is 2.10. The monoisotopic (exact) mass is 439 g/mol. The molecule has 0 bridgehead atoms. The average molecular weight is 440 g/mol. The predicted octanol–water partition coefficient (Wildman–Crippen LogP) is 7.62. The molecule has 1 aromatic rings. The van der Waals surface area contributed by atoms with Crippen LogP contribution in [-0.4, -0.2) is 30.0 Å². The van der Waals surface area contributed by atoms with Crippen LogP contribution in [0.15, 0.2) is 11.2 Å². The first kappa shape index (κ1) is 27.1. The van der Waals surface area contributed by atoms with Crippen molar-refractivity contribution in [1.29, 1.82) is 0 Å². The van der Waals surface area contributed by atoms with Gasteiger partial charge in [0.1, 0.15) is 6.73 Å². The Morgan fingerprint density at radius 3 is 2.10 bits per heavy atom. The summed E-state index contributed by atoms with van der Waals surface area (Å²) in [5.41, 5.74) is 2.11. The molecule has 0 saturated heterocycles. The van der Waals surface area contributed by atoms with Gasteiger partial charge in [-0.15, -0.1) is 11.8 Å². The molecule has 30 heavy (non-hydrogen) atoms. The largest absolute Gasteiger partial charge is 0.462 e. The zero-order chi connectivity index (χ0) is 22.4. The van der Waals surface area contributed by atoms with E-state index in [-0.39, 0.29) is 5.97 Å². The van der Waals surface area contributed by atoms with Crippen molar-refractivity contribution in [2.75, 3.05) is 19.5 Å². The van der Waals surface area contributed by atoms with Crippen molar-refractivity contribution in [2.45, 2.75) is 111 Å². The number of hydrogen-bond acceptors (Lipinski definition) is 4. The van der Waals surface area contributed by atoms with E-state index < -0.39 is 0 Å². The molecule has 0 radical (unpaired) electrons. The first-order chi connectivity index (χ1) is 14.3. The fourth-order valence-corrected chi connectivity index (χ4v) is 4.44. The third-order valence-electron chi connectivity index (χ3n) is 5.41. The second kappa shape index (κ2) is 15.0. The SMILES string of the molecule is CCOC(=O)c1cn(COCCCCCCCCCCCC(C)(C)C)c(SC)c1C. The van der Waals surface area contributed by atoms with Crippen molar-refractivity contribution in [3.8, 4) is 0 Å². The van der Waals surface area contributed by atoms with Crippen molar-refractivity contribution < 1.29 is 14.3 Å². The minimum Gasteiger partial charge on any atom is -0.462 e. The molecule has 0 N–H and O–H groups in total.